The van der Waals surface area contributed by atoms with Gasteiger partial charge in [0.05, 0.1) is 0 Å². The molecule has 0 N–H and O–H groups in total. The van der Waals surface area contributed by atoms with Crippen molar-refractivity contribution in [3.05, 3.63) is 12.2 Å². The van der Waals surface area contributed by atoms with E-state index in [1.165, 1.54) is 0 Å². The summed E-state index contributed by atoms with van der Waals surface area (Å²) in [4.78, 5) is 0. The first-order valence-electron chi connectivity index (χ1n) is 1.29. The maximum absolute atomic E-state index is 5.03. The number of rotatable bonds is 0. The molecule has 0 fully saturated rings. The summed E-state index contributed by atoms with van der Waals surface area (Å²) < 4.78 is 0. The summed E-state index contributed by atoms with van der Waals surface area (Å²) in [5, 5.41) is 0. The van der Waals surface area contributed by atoms with E-state index in [0.717, 1.165) is 5.57 Å². The fraction of sp³-hybridized carbons (Fsp3) is 0.500. The standard InChI is InChI=1S/C4H7.BrH.Mn/c1-4(2)3;;/h1H,2-3H3;1H;/q-1;;+2/p-1. The molecule has 0 nitrogen and oxygen atoms in total. The Morgan fingerprint density at radius 3 is 1.33 bits per heavy atom. The second kappa shape index (κ2) is 9.22. The van der Waals surface area contributed by atoms with Gasteiger partial charge in [-0.2, -0.15) is 0 Å². The SMILES string of the molecule is [Br-].[CH-]=C(C)C.[Mn+2]. The first kappa shape index (κ1) is 15.9. The largest absolute Gasteiger partial charge is 2.00 e. The van der Waals surface area contributed by atoms with E-state index in [9.17, 15) is 0 Å². The van der Waals surface area contributed by atoms with Gasteiger partial charge in [0.2, 0.25) is 0 Å². The zero-order valence-corrected chi connectivity index (χ0v) is 6.60. The fourth-order valence-corrected chi connectivity index (χ4v) is 0. The third-order valence-corrected chi connectivity index (χ3v) is 0. The van der Waals surface area contributed by atoms with Crippen molar-refractivity contribution in [1.29, 1.82) is 0 Å². The van der Waals surface area contributed by atoms with Gasteiger partial charge < -0.3 is 23.6 Å². The number of halogens is 1. The van der Waals surface area contributed by atoms with E-state index < -0.39 is 0 Å². The van der Waals surface area contributed by atoms with Gasteiger partial charge in [-0.25, -0.2) is 0 Å². The van der Waals surface area contributed by atoms with Crippen LogP contribution in [0.2, 0.25) is 0 Å². The Labute approximate surface area is 60.3 Å². The van der Waals surface area contributed by atoms with Crippen molar-refractivity contribution in [2.75, 3.05) is 0 Å². The minimum atomic E-state index is 0. The molecule has 0 atom stereocenters. The molecule has 0 aliphatic heterocycles. The molecular formula is C4H7BrMn. The summed E-state index contributed by atoms with van der Waals surface area (Å²) in [6.45, 7) is 8.75. The van der Waals surface area contributed by atoms with E-state index in [-0.39, 0.29) is 34.1 Å². The smallest absolute Gasteiger partial charge is 1.00 e. The molecule has 1 radical (unpaired) electrons. The van der Waals surface area contributed by atoms with Gasteiger partial charge in [0.1, 0.15) is 0 Å². The van der Waals surface area contributed by atoms with Gasteiger partial charge >= 0.3 is 17.1 Å². The van der Waals surface area contributed by atoms with Gasteiger partial charge in [0, 0.05) is 0 Å². The number of allylic oxidation sites excluding steroid dienone is 1. The van der Waals surface area contributed by atoms with Crippen molar-refractivity contribution < 1.29 is 34.1 Å². The third kappa shape index (κ3) is 121. The number of hydrogen-bond acceptors (Lipinski definition) is 0. The van der Waals surface area contributed by atoms with Crippen molar-refractivity contribution in [2.24, 2.45) is 0 Å². The van der Waals surface area contributed by atoms with Crippen LogP contribution in [0.4, 0.5) is 0 Å². The van der Waals surface area contributed by atoms with Crippen LogP contribution in [0.1, 0.15) is 13.8 Å². The van der Waals surface area contributed by atoms with E-state index in [4.69, 9.17) is 6.58 Å². The first-order chi connectivity index (χ1) is 1.73. The molecule has 0 heterocycles. The monoisotopic (exact) mass is 189 g/mol. The summed E-state index contributed by atoms with van der Waals surface area (Å²) >= 11 is 0. The van der Waals surface area contributed by atoms with Crippen LogP contribution in [0.15, 0.2) is 5.57 Å². The van der Waals surface area contributed by atoms with E-state index in [2.05, 4.69) is 0 Å². The topological polar surface area (TPSA) is 0 Å². The minimum Gasteiger partial charge on any atom is -1.00 e. The van der Waals surface area contributed by atoms with Crippen LogP contribution in [-0.2, 0) is 17.1 Å². The van der Waals surface area contributed by atoms with Crippen LogP contribution in [0.5, 0.6) is 0 Å². The molecule has 0 bridgehead atoms. The molecule has 0 spiro atoms. The molecule has 0 aromatic heterocycles. The normalized spacial score (nSPS) is 4.33. The molecule has 37 valence electrons. The van der Waals surface area contributed by atoms with Gasteiger partial charge in [-0.05, 0) is 0 Å². The summed E-state index contributed by atoms with van der Waals surface area (Å²) in [5.74, 6) is 0. The molecule has 0 saturated heterocycles. The van der Waals surface area contributed by atoms with Crippen LogP contribution in [0, 0.1) is 6.58 Å². The molecule has 0 aromatic rings. The van der Waals surface area contributed by atoms with Crippen LogP contribution in [-0.4, -0.2) is 0 Å². The molecule has 0 rings (SSSR count). The zero-order chi connectivity index (χ0) is 3.58. The second-order valence-corrected chi connectivity index (χ2v) is 1.08. The molecule has 0 aliphatic rings. The molecule has 0 aliphatic carbocycles. The maximum Gasteiger partial charge on any atom is 2.00 e. The molecule has 0 saturated carbocycles. The van der Waals surface area contributed by atoms with Gasteiger partial charge in [-0.15, -0.1) is 0 Å². The van der Waals surface area contributed by atoms with E-state index >= 15 is 0 Å². The molecule has 0 aromatic carbocycles. The molecule has 2 heteroatoms. The van der Waals surface area contributed by atoms with E-state index in [1.54, 1.807) is 0 Å². The number of hydrogen-bond donors (Lipinski definition) is 0. The Hall–Kier alpha value is 0.739. The van der Waals surface area contributed by atoms with Crippen LogP contribution in [0.25, 0.3) is 0 Å². The molecule has 6 heavy (non-hydrogen) atoms. The molecule has 0 amide bonds. The Kier molecular flexibility index (Phi) is 24.4. The van der Waals surface area contributed by atoms with Crippen LogP contribution in [0.3, 0.4) is 0 Å². The van der Waals surface area contributed by atoms with Gasteiger partial charge in [-0.3, -0.25) is 5.57 Å². The Morgan fingerprint density at radius 2 is 1.33 bits per heavy atom. The van der Waals surface area contributed by atoms with E-state index in [0.29, 0.717) is 0 Å². The van der Waals surface area contributed by atoms with Crippen molar-refractivity contribution in [2.45, 2.75) is 13.8 Å². The van der Waals surface area contributed by atoms with Crippen molar-refractivity contribution >= 4 is 0 Å². The Bertz CT molecular complexity index is 30.5. The summed E-state index contributed by atoms with van der Waals surface area (Å²) in [7, 11) is 0. The van der Waals surface area contributed by atoms with Gasteiger partial charge in [0.25, 0.3) is 0 Å². The average Bonchev–Trinajstić information content (AvgIpc) is 0.811. The molecule has 0 unspecified atom stereocenters. The maximum atomic E-state index is 5.03. The van der Waals surface area contributed by atoms with Gasteiger partial charge in [0.15, 0.2) is 0 Å². The van der Waals surface area contributed by atoms with Crippen LogP contribution < -0.4 is 17.0 Å². The first-order valence-corrected chi connectivity index (χ1v) is 1.29. The predicted octanol–water partition coefficient (Wildman–Crippen LogP) is -1.61. The van der Waals surface area contributed by atoms with Gasteiger partial charge in [-0.1, -0.05) is 13.8 Å². The Balaban J connectivity index is -0.0000000450. The van der Waals surface area contributed by atoms with Crippen molar-refractivity contribution in [3.63, 3.8) is 0 Å². The third-order valence-electron chi connectivity index (χ3n) is 0. The quantitative estimate of drug-likeness (QED) is 0.318. The summed E-state index contributed by atoms with van der Waals surface area (Å²) in [6.07, 6.45) is 0. The van der Waals surface area contributed by atoms with E-state index in [1.807, 2.05) is 13.8 Å². The average molecular weight is 190 g/mol. The fourth-order valence-electron chi connectivity index (χ4n) is 0. The van der Waals surface area contributed by atoms with Crippen molar-refractivity contribution in [3.8, 4) is 0 Å². The summed E-state index contributed by atoms with van der Waals surface area (Å²) in [6, 6.07) is 0. The molecular weight excluding hydrogens is 183 g/mol. The Morgan fingerprint density at radius 1 is 1.33 bits per heavy atom. The minimum absolute atomic E-state index is 0. The predicted molar refractivity (Wildman–Crippen MR) is 19.2 cm³/mol. The van der Waals surface area contributed by atoms with Crippen molar-refractivity contribution in [1.82, 2.24) is 0 Å². The van der Waals surface area contributed by atoms with Crippen LogP contribution >= 0.6 is 0 Å². The summed E-state index contributed by atoms with van der Waals surface area (Å²) in [5.41, 5.74) is 0.917. The second-order valence-electron chi connectivity index (χ2n) is 1.08. The zero-order valence-electron chi connectivity index (χ0n) is 3.83.